The van der Waals surface area contributed by atoms with Crippen LogP contribution in [-0.2, 0) is 39.1 Å². The van der Waals surface area contributed by atoms with Gasteiger partial charge >= 0.3 is 0 Å². The number of phenols is 1. The highest BCUT2D eigenvalue weighted by Gasteiger charge is 2.25. The molecule has 0 radical (unpaired) electrons. The number of fused-ring (bicyclic) bond motifs is 2. The largest absolute Gasteiger partial charge is 0.505 e. The molecule has 9 rings (SSSR count). The van der Waals surface area contributed by atoms with Crippen molar-refractivity contribution >= 4 is 129 Å². The van der Waals surface area contributed by atoms with Crippen LogP contribution in [-0.4, -0.2) is 103 Å². The van der Waals surface area contributed by atoms with Gasteiger partial charge in [0.1, 0.15) is 38.3 Å². The van der Waals surface area contributed by atoms with E-state index in [1.165, 1.54) is 44.6 Å². The van der Waals surface area contributed by atoms with Crippen LogP contribution in [0.2, 0.25) is 0 Å². The minimum Gasteiger partial charge on any atom is -0.505 e. The van der Waals surface area contributed by atoms with Gasteiger partial charge in [-0.1, -0.05) is 23.2 Å². The molecule has 0 unspecified atom stereocenters. The van der Waals surface area contributed by atoms with Gasteiger partial charge in [-0.3, -0.25) is 14.1 Å². The summed E-state index contributed by atoms with van der Waals surface area (Å²) in [6, 6.07) is 24.0. The lowest BCUT2D eigenvalue weighted by Crippen LogP contribution is -2.37. The molecular formula is C48H42N14O13S3. The van der Waals surface area contributed by atoms with E-state index in [0.717, 1.165) is 18.5 Å². The van der Waals surface area contributed by atoms with E-state index in [9.17, 15) is 31.0 Å². The normalized spacial score (nSPS) is 13.4. The van der Waals surface area contributed by atoms with Crippen LogP contribution in [0.3, 0.4) is 0 Å². The predicted octanol–water partition coefficient (Wildman–Crippen LogP) is 11.4. The van der Waals surface area contributed by atoms with Gasteiger partial charge in [-0.25, -0.2) is 10.2 Å². The minimum absolute atomic E-state index is 0.000395. The van der Waals surface area contributed by atoms with Crippen molar-refractivity contribution in [3.63, 3.8) is 0 Å². The number of hydrogen-bond donors (Lipinski definition) is 6. The number of anilines is 5. The van der Waals surface area contributed by atoms with E-state index in [1.807, 2.05) is 11.0 Å². The molecule has 1 aliphatic rings. The Labute approximate surface area is 447 Å². The molecule has 0 amide bonds. The van der Waals surface area contributed by atoms with Gasteiger partial charge in [0.15, 0.2) is 12.2 Å². The fourth-order valence-electron chi connectivity index (χ4n) is 7.80. The molecule has 1 aliphatic heterocycles. The van der Waals surface area contributed by atoms with Crippen molar-refractivity contribution in [1.29, 1.82) is 0 Å². The zero-order valence-corrected chi connectivity index (χ0v) is 43.3. The standard InChI is InChI=1S/C48H42N14O13S3/c1-27-20-30(56-60-39-23-37(50-26-71-2)38(24-40(39)72-3)59-58-36-14-12-33-34(45(36)78(68,69)70)7-4-8-42(33)77(65,66)67)10-13-35(27)57-61-43-41(76-75-74-64)22-28-21-29(9-11-32(28)44(43)63)51-46-53-47(52-31-6-5-15-49-25-31)55-48(54-46)62-16-18-73-19-17-62/h4-15,20-26,63-64H,16-19H2,1-3H3,(H,65,66,67)(H,68,69,70)(H2,51,52,53,54,55)/b50-26-,59-58?,60-56?,61-57?. The van der Waals surface area contributed by atoms with Gasteiger partial charge in [0.05, 0.1) is 73.3 Å². The summed E-state index contributed by atoms with van der Waals surface area (Å²) in [6.07, 6.45) is 4.40. The van der Waals surface area contributed by atoms with E-state index < -0.39 is 30.0 Å². The third-order valence-corrected chi connectivity index (χ3v) is 13.8. The second kappa shape index (κ2) is 23.7. The highest BCUT2D eigenvalue weighted by molar-refractivity contribution is 7.94. The molecule has 1 fully saturated rings. The number of hydrogen-bond acceptors (Lipinski definition) is 26. The molecule has 27 nitrogen and oxygen atoms in total. The summed E-state index contributed by atoms with van der Waals surface area (Å²) < 4.78 is 90.2. The van der Waals surface area contributed by atoms with Gasteiger partial charge < -0.3 is 34.9 Å². The summed E-state index contributed by atoms with van der Waals surface area (Å²) in [5.41, 5.74) is 2.53. The van der Waals surface area contributed by atoms with Crippen LogP contribution in [0.5, 0.6) is 11.5 Å². The lowest BCUT2D eigenvalue weighted by molar-refractivity contribution is -0.432. The molecule has 0 atom stereocenters. The molecule has 2 aromatic heterocycles. The number of methoxy groups -OCH3 is 2. The van der Waals surface area contributed by atoms with Gasteiger partial charge in [0.25, 0.3) is 20.2 Å². The summed E-state index contributed by atoms with van der Waals surface area (Å²) in [5.74, 6) is 0.844. The second-order valence-electron chi connectivity index (χ2n) is 16.4. The van der Waals surface area contributed by atoms with Crippen LogP contribution in [0.1, 0.15) is 5.56 Å². The third-order valence-electron chi connectivity index (χ3n) is 11.3. The summed E-state index contributed by atoms with van der Waals surface area (Å²) in [7, 11) is -7.11. The smallest absolute Gasteiger partial charge is 0.297 e. The lowest BCUT2D eigenvalue weighted by atomic mass is 10.1. The van der Waals surface area contributed by atoms with Crippen molar-refractivity contribution in [3.05, 3.63) is 115 Å². The van der Waals surface area contributed by atoms with Crippen molar-refractivity contribution in [2.75, 3.05) is 56.1 Å². The first-order valence-electron chi connectivity index (χ1n) is 22.7. The SMILES string of the molecule is CO/C=N\c1cc(N=Nc2ccc(N=Nc3c(SOOO)cc4cc(Nc5nc(Nc6cccnc6)nc(N6CCOCC6)n5)ccc4c3O)c(C)c2)c(OC)cc1N=Nc1ccc2c(S(=O)(=O)O)cccc2c1S(=O)(=O)O. The number of ether oxygens (including phenoxy) is 3. The van der Waals surface area contributed by atoms with Crippen LogP contribution in [0.4, 0.5) is 69.0 Å². The van der Waals surface area contributed by atoms with Crippen molar-refractivity contribution in [2.45, 2.75) is 21.6 Å². The number of nitrogens with one attached hydrogen (secondary N) is 2. The number of phenolic OH excluding ortho intramolecular Hbond substituents is 1. The molecule has 400 valence electrons. The Bertz CT molecular complexity index is 3930. The Morgan fingerprint density at radius 2 is 1.45 bits per heavy atom. The quantitative estimate of drug-likeness (QED) is 0.00833. The van der Waals surface area contributed by atoms with Gasteiger partial charge in [-0.2, -0.15) is 42.0 Å². The first-order valence-corrected chi connectivity index (χ1v) is 26.3. The van der Waals surface area contributed by atoms with Crippen molar-refractivity contribution in [1.82, 2.24) is 19.9 Å². The number of azo groups is 3. The molecule has 6 N–H and O–H groups in total. The Balaban J connectivity index is 0.965. The molecule has 6 aromatic carbocycles. The van der Waals surface area contributed by atoms with Gasteiger partial charge in [-0.15, -0.1) is 24.8 Å². The third kappa shape index (κ3) is 12.6. The first kappa shape index (κ1) is 54.1. The van der Waals surface area contributed by atoms with Crippen LogP contribution in [0.25, 0.3) is 21.5 Å². The van der Waals surface area contributed by atoms with Gasteiger partial charge in [-0.05, 0) is 90.7 Å². The van der Waals surface area contributed by atoms with Crippen LogP contribution in [0, 0.1) is 6.92 Å². The molecule has 0 spiro atoms. The Morgan fingerprint density at radius 1 is 0.718 bits per heavy atom. The first-order chi connectivity index (χ1) is 37.6. The van der Waals surface area contributed by atoms with Crippen LogP contribution in [0.15, 0.2) is 160 Å². The molecule has 78 heavy (non-hydrogen) atoms. The van der Waals surface area contributed by atoms with E-state index in [1.54, 1.807) is 67.8 Å². The van der Waals surface area contributed by atoms with Gasteiger partial charge in [0, 0.05) is 47.2 Å². The topological polar surface area (TPSA) is 361 Å². The number of aromatic nitrogens is 4. The highest BCUT2D eigenvalue weighted by Crippen LogP contribution is 2.46. The molecular weight excluding hydrogens is 1080 g/mol. The van der Waals surface area contributed by atoms with Crippen molar-refractivity contribution in [3.8, 4) is 11.5 Å². The number of rotatable bonds is 19. The maximum atomic E-state index is 12.6. The summed E-state index contributed by atoms with van der Waals surface area (Å²) in [6.45, 7) is 3.97. The van der Waals surface area contributed by atoms with E-state index in [0.29, 0.717) is 83.4 Å². The Hall–Kier alpha value is -8.72. The monoisotopic (exact) mass is 1120 g/mol. The Morgan fingerprint density at radius 3 is 2.15 bits per heavy atom. The van der Waals surface area contributed by atoms with Crippen LogP contribution < -0.4 is 20.3 Å². The summed E-state index contributed by atoms with van der Waals surface area (Å²) >= 11 is 0.578. The highest BCUT2D eigenvalue weighted by atomic mass is 32.2. The summed E-state index contributed by atoms with van der Waals surface area (Å²) in [5, 5.41) is 57.3. The average molecular weight is 1120 g/mol. The maximum Gasteiger partial charge on any atom is 0.297 e. The number of pyridine rings is 1. The number of aromatic hydroxyl groups is 1. The summed E-state index contributed by atoms with van der Waals surface area (Å²) in [4.78, 5) is 23.2. The number of benzene rings is 6. The fraction of sp³-hybridized carbons (Fsp3) is 0.146. The van der Waals surface area contributed by atoms with E-state index in [-0.39, 0.29) is 67.5 Å². The molecule has 8 aromatic rings. The zero-order chi connectivity index (χ0) is 55.0. The van der Waals surface area contributed by atoms with Crippen LogP contribution >= 0.6 is 12.0 Å². The van der Waals surface area contributed by atoms with E-state index in [4.69, 9.17) is 23.8 Å². The number of aliphatic imine (C=N–C) groups is 1. The molecule has 1 saturated heterocycles. The predicted molar refractivity (Wildman–Crippen MR) is 285 cm³/mol. The molecule has 0 bridgehead atoms. The number of nitrogens with zero attached hydrogens (tertiary/aromatic N) is 12. The zero-order valence-electron chi connectivity index (χ0n) is 40.9. The van der Waals surface area contributed by atoms with E-state index >= 15 is 0 Å². The average Bonchev–Trinajstić information content (AvgIpc) is 3.62. The minimum atomic E-state index is -5.04. The molecule has 0 saturated carbocycles. The van der Waals surface area contributed by atoms with E-state index in [2.05, 4.69) is 71.3 Å². The Kier molecular flexibility index (Phi) is 16.4. The number of morpholine rings is 1. The maximum absolute atomic E-state index is 12.6. The van der Waals surface area contributed by atoms with Crippen molar-refractivity contribution in [2.24, 2.45) is 35.7 Å². The molecule has 0 aliphatic carbocycles. The molecule has 30 heteroatoms. The lowest BCUT2D eigenvalue weighted by Gasteiger charge is -2.27. The van der Waals surface area contributed by atoms with Gasteiger partial charge in [0.2, 0.25) is 17.8 Å². The fourth-order valence-corrected chi connectivity index (χ4v) is 9.83. The van der Waals surface area contributed by atoms with Crippen molar-refractivity contribution < 1.29 is 59.9 Å². The molecule has 3 heterocycles. The number of aryl methyl sites for hydroxylation is 1. The second-order valence-corrected chi connectivity index (χ2v) is 19.9.